The Morgan fingerprint density at radius 2 is 1.85 bits per heavy atom. The molecule has 33 heavy (non-hydrogen) atoms. The Morgan fingerprint density at radius 3 is 2.70 bits per heavy atom. The number of aromatic nitrogens is 3. The first-order chi connectivity index (χ1) is 16.1. The van der Waals surface area contributed by atoms with Crippen molar-refractivity contribution >= 4 is 33.5 Å². The quantitative estimate of drug-likeness (QED) is 0.433. The Kier molecular flexibility index (Phi) is 4.41. The van der Waals surface area contributed by atoms with Crippen LogP contribution in [0.25, 0.3) is 22.3 Å². The second kappa shape index (κ2) is 7.35. The molecule has 5 heterocycles. The van der Waals surface area contributed by atoms with E-state index in [9.17, 15) is 0 Å². The van der Waals surface area contributed by atoms with Gasteiger partial charge in [-0.15, -0.1) is 0 Å². The van der Waals surface area contributed by atoms with Gasteiger partial charge in [-0.1, -0.05) is 11.8 Å². The van der Waals surface area contributed by atoms with E-state index < -0.39 is 5.54 Å². The zero-order chi connectivity index (χ0) is 22.6. The first kappa shape index (κ1) is 19.8. The van der Waals surface area contributed by atoms with E-state index in [2.05, 4.69) is 15.0 Å². The number of amidine groups is 1. The SMILES string of the molecule is COc1cnc2c(-c3nccc4c3Oc3ccc(N)cc3C43CCSC(N)=N3)nccc2c1. The van der Waals surface area contributed by atoms with Gasteiger partial charge in [0.2, 0.25) is 0 Å². The van der Waals surface area contributed by atoms with Crippen LogP contribution in [0.5, 0.6) is 17.2 Å². The lowest BCUT2D eigenvalue weighted by Crippen LogP contribution is -2.35. The number of anilines is 1. The summed E-state index contributed by atoms with van der Waals surface area (Å²) in [4.78, 5) is 18.9. The van der Waals surface area contributed by atoms with Crippen molar-refractivity contribution in [1.29, 1.82) is 0 Å². The van der Waals surface area contributed by atoms with E-state index in [4.69, 9.17) is 25.9 Å². The Hall–Kier alpha value is -3.85. The number of benzene rings is 1. The summed E-state index contributed by atoms with van der Waals surface area (Å²) in [6, 6.07) is 11.4. The van der Waals surface area contributed by atoms with Gasteiger partial charge in [-0.25, -0.2) is 4.99 Å². The summed E-state index contributed by atoms with van der Waals surface area (Å²) in [6.45, 7) is 0. The molecule has 8 nitrogen and oxygen atoms in total. The normalized spacial score (nSPS) is 18.9. The van der Waals surface area contributed by atoms with Crippen LogP contribution in [0.1, 0.15) is 17.5 Å². The number of nitrogens with zero attached hydrogens (tertiary/aromatic N) is 4. The summed E-state index contributed by atoms with van der Waals surface area (Å²) in [5.74, 6) is 2.79. The summed E-state index contributed by atoms with van der Waals surface area (Å²) >= 11 is 1.55. The van der Waals surface area contributed by atoms with Crippen LogP contribution < -0.4 is 20.9 Å². The minimum atomic E-state index is -0.702. The molecule has 6 rings (SSSR count). The molecule has 2 aliphatic heterocycles. The maximum atomic E-state index is 6.45. The van der Waals surface area contributed by atoms with Gasteiger partial charge in [0.15, 0.2) is 10.9 Å². The van der Waals surface area contributed by atoms with E-state index in [1.165, 1.54) is 0 Å². The molecule has 4 N–H and O–H groups in total. The number of hydrogen-bond donors (Lipinski definition) is 2. The summed E-state index contributed by atoms with van der Waals surface area (Å²) in [6.07, 6.45) is 5.92. The Bertz CT molecular complexity index is 1460. The average molecular weight is 457 g/mol. The van der Waals surface area contributed by atoms with Crippen molar-refractivity contribution < 1.29 is 9.47 Å². The standard InChI is InChI=1S/C24H20N6O2S/c1-31-15-10-13-4-7-27-20(19(13)29-12-15)21-22-16(5-8-28-21)24(6-9-33-23(26)30-24)17-11-14(25)2-3-18(17)32-22/h2-5,7-8,10-12H,6,9,25H2,1H3,(H2,26,30). The molecule has 1 spiro atoms. The number of methoxy groups -OCH3 is 1. The monoisotopic (exact) mass is 456 g/mol. The molecule has 4 aromatic rings. The molecule has 0 aliphatic carbocycles. The smallest absolute Gasteiger partial charge is 0.161 e. The molecular formula is C24H20N6O2S. The predicted octanol–water partition coefficient (Wildman–Crippen LogP) is 4.08. The van der Waals surface area contributed by atoms with Crippen LogP contribution in [0.2, 0.25) is 0 Å². The molecule has 1 aromatic carbocycles. The maximum Gasteiger partial charge on any atom is 0.161 e. The average Bonchev–Trinajstić information content (AvgIpc) is 2.84. The van der Waals surface area contributed by atoms with E-state index in [0.717, 1.165) is 28.7 Å². The fraction of sp³-hybridized carbons (Fsp3) is 0.167. The largest absolute Gasteiger partial charge is 0.495 e. The van der Waals surface area contributed by atoms with Crippen molar-refractivity contribution in [2.24, 2.45) is 10.7 Å². The highest BCUT2D eigenvalue weighted by atomic mass is 32.2. The maximum absolute atomic E-state index is 6.45. The van der Waals surface area contributed by atoms with Gasteiger partial charge < -0.3 is 20.9 Å². The van der Waals surface area contributed by atoms with E-state index in [0.29, 0.717) is 45.0 Å². The van der Waals surface area contributed by atoms with Gasteiger partial charge in [-0.05, 0) is 42.8 Å². The molecule has 0 saturated carbocycles. The first-order valence-corrected chi connectivity index (χ1v) is 11.4. The predicted molar refractivity (Wildman–Crippen MR) is 130 cm³/mol. The number of ether oxygens (including phenoxy) is 2. The fourth-order valence-corrected chi connectivity index (χ4v) is 5.38. The number of rotatable bonds is 2. The topological polar surface area (TPSA) is 122 Å². The zero-order valence-corrected chi connectivity index (χ0v) is 18.6. The van der Waals surface area contributed by atoms with Crippen molar-refractivity contribution in [2.75, 3.05) is 18.6 Å². The highest BCUT2D eigenvalue weighted by Crippen LogP contribution is 2.55. The van der Waals surface area contributed by atoms with Crippen LogP contribution in [0, 0.1) is 0 Å². The second-order valence-electron chi connectivity index (χ2n) is 7.91. The number of nitrogens with two attached hydrogens (primary N) is 2. The number of aliphatic imine (C=N–C) groups is 1. The van der Waals surface area contributed by atoms with Crippen LogP contribution in [-0.2, 0) is 5.54 Å². The molecular weight excluding hydrogens is 436 g/mol. The molecule has 0 amide bonds. The van der Waals surface area contributed by atoms with E-state index in [1.54, 1.807) is 37.5 Å². The van der Waals surface area contributed by atoms with Gasteiger partial charge >= 0.3 is 0 Å². The van der Waals surface area contributed by atoms with Gasteiger partial charge in [0.25, 0.3) is 0 Å². The highest BCUT2D eigenvalue weighted by Gasteiger charge is 2.45. The molecule has 1 unspecified atom stereocenters. The number of hydrogen-bond acceptors (Lipinski definition) is 9. The van der Waals surface area contributed by atoms with Crippen LogP contribution in [0.4, 0.5) is 5.69 Å². The van der Waals surface area contributed by atoms with Gasteiger partial charge in [-0.2, -0.15) is 0 Å². The molecule has 164 valence electrons. The lowest BCUT2D eigenvalue weighted by Gasteiger charge is -2.39. The molecule has 0 radical (unpaired) electrons. The van der Waals surface area contributed by atoms with Crippen molar-refractivity contribution in [3.8, 4) is 28.6 Å². The Balaban J connectivity index is 1.63. The molecule has 1 atom stereocenters. The minimum absolute atomic E-state index is 0.540. The van der Waals surface area contributed by atoms with E-state index >= 15 is 0 Å². The lowest BCUT2D eigenvalue weighted by molar-refractivity contribution is 0.391. The Morgan fingerprint density at radius 1 is 1.00 bits per heavy atom. The van der Waals surface area contributed by atoms with Crippen molar-refractivity contribution in [1.82, 2.24) is 15.0 Å². The molecule has 0 bridgehead atoms. The number of nitrogen functional groups attached to an aromatic ring is 1. The fourth-order valence-electron chi connectivity index (χ4n) is 4.55. The van der Waals surface area contributed by atoms with Crippen LogP contribution in [-0.4, -0.2) is 33.0 Å². The van der Waals surface area contributed by atoms with Crippen molar-refractivity contribution in [3.05, 3.63) is 66.1 Å². The number of pyridine rings is 3. The minimum Gasteiger partial charge on any atom is -0.495 e. The second-order valence-corrected chi connectivity index (χ2v) is 9.02. The molecule has 2 aliphatic rings. The Labute approximate surface area is 194 Å². The van der Waals surface area contributed by atoms with Crippen molar-refractivity contribution in [3.63, 3.8) is 0 Å². The summed E-state index contributed by atoms with van der Waals surface area (Å²) in [5.41, 5.74) is 16.1. The van der Waals surface area contributed by atoms with Gasteiger partial charge in [-0.3, -0.25) is 15.0 Å². The van der Waals surface area contributed by atoms with Crippen LogP contribution >= 0.6 is 11.8 Å². The molecule has 0 saturated heterocycles. The number of thioether (sulfide) groups is 1. The van der Waals surface area contributed by atoms with Crippen LogP contribution in [0.3, 0.4) is 0 Å². The third-order valence-corrected chi connectivity index (χ3v) is 6.86. The van der Waals surface area contributed by atoms with Gasteiger partial charge in [0.05, 0.1) is 18.8 Å². The zero-order valence-electron chi connectivity index (χ0n) is 17.8. The number of fused-ring (bicyclic) bond motifs is 5. The molecule has 3 aromatic heterocycles. The van der Waals surface area contributed by atoms with Gasteiger partial charge in [0, 0.05) is 40.3 Å². The van der Waals surface area contributed by atoms with E-state index in [1.807, 2.05) is 36.4 Å². The lowest BCUT2D eigenvalue weighted by atomic mass is 9.78. The summed E-state index contributed by atoms with van der Waals surface area (Å²) in [7, 11) is 1.62. The van der Waals surface area contributed by atoms with Gasteiger partial charge in [0.1, 0.15) is 28.4 Å². The van der Waals surface area contributed by atoms with Crippen LogP contribution in [0.15, 0.2) is 60.0 Å². The van der Waals surface area contributed by atoms with Crippen molar-refractivity contribution in [2.45, 2.75) is 12.0 Å². The summed E-state index contributed by atoms with van der Waals surface area (Å²) in [5, 5.41) is 1.44. The van der Waals surface area contributed by atoms with E-state index in [-0.39, 0.29) is 0 Å². The highest BCUT2D eigenvalue weighted by molar-refractivity contribution is 8.13. The molecule has 0 fully saturated rings. The first-order valence-electron chi connectivity index (χ1n) is 10.4. The third kappa shape index (κ3) is 3.00. The summed E-state index contributed by atoms with van der Waals surface area (Å²) < 4.78 is 11.8. The molecule has 9 heteroatoms. The third-order valence-electron chi connectivity index (χ3n) is 6.06.